The second kappa shape index (κ2) is 5.50. The minimum Gasteiger partial charge on any atom is -0.356 e. The van der Waals surface area contributed by atoms with Gasteiger partial charge in [-0.2, -0.15) is 0 Å². The molecule has 1 saturated heterocycles. The smallest absolute Gasteiger partial charge is 0.221 e. The predicted molar refractivity (Wildman–Crippen MR) is 79.1 cm³/mol. The summed E-state index contributed by atoms with van der Waals surface area (Å²) in [4.78, 5) is 23.3. The average molecular weight is 281 g/mol. The number of amides is 1. The van der Waals surface area contributed by atoms with Crippen LogP contribution in [0.15, 0.2) is 54.6 Å². The highest BCUT2D eigenvalue weighted by atomic mass is 16.6. The number of ether oxygens (including phenoxy) is 1. The van der Waals surface area contributed by atoms with E-state index in [0.29, 0.717) is 11.3 Å². The Hall–Kier alpha value is -2.46. The number of Topliss-reactive ketones (excluding diaryl/α,β-unsaturated/α-hetero) is 1. The predicted octanol–water partition coefficient (Wildman–Crippen LogP) is 2.97. The Bertz CT molecular complexity index is 664. The lowest BCUT2D eigenvalue weighted by molar-refractivity contribution is -0.114. The van der Waals surface area contributed by atoms with Crippen molar-refractivity contribution in [3.05, 3.63) is 65.7 Å². The third kappa shape index (κ3) is 3.01. The molecule has 1 aliphatic rings. The van der Waals surface area contributed by atoms with Gasteiger partial charge in [-0.3, -0.25) is 9.59 Å². The van der Waals surface area contributed by atoms with Crippen LogP contribution < -0.4 is 5.32 Å². The average Bonchev–Trinajstić information content (AvgIpc) is 3.28. The molecule has 1 N–H and O–H groups in total. The molecule has 2 aromatic carbocycles. The standard InChI is InChI=1S/C17H15NO3/c1-11(19)18-14-9-7-12(8-10-14)15(20)17-16(21-17)13-5-3-2-4-6-13/h2-10,16-17H,1H3,(H,18,19)/t16-,17+/m0/s1. The molecule has 0 saturated carbocycles. The van der Waals surface area contributed by atoms with E-state index < -0.39 is 6.10 Å². The summed E-state index contributed by atoms with van der Waals surface area (Å²) >= 11 is 0. The fourth-order valence-electron chi connectivity index (χ4n) is 2.29. The molecule has 1 amide bonds. The maximum atomic E-state index is 12.3. The topological polar surface area (TPSA) is 58.7 Å². The van der Waals surface area contributed by atoms with Crippen LogP contribution in [0, 0.1) is 0 Å². The van der Waals surface area contributed by atoms with Gasteiger partial charge in [-0.25, -0.2) is 0 Å². The van der Waals surface area contributed by atoms with Crippen molar-refractivity contribution in [3.63, 3.8) is 0 Å². The van der Waals surface area contributed by atoms with Crippen LogP contribution in [0.3, 0.4) is 0 Å². The largest absolute Gasteiger partial charge is 0.356 e. The van der Waals surface area contributed by atoms with Gasteiger partial charge in [0.15, 0.2) is 11.9 Å². The highest BCUT2D eigenvalue weighted by molar-refractivity contribution is 6.02. The molecular weight excluding hydrogens is 266 g/mol. The Morgan fingerprint density at radius 3 is 2.29 bits per heavy atom. The first kappa shape index (κ1) is 13.5. The summed E-state index contributed by atoms with van der Waals surface area (Å²) in [6.07, 6.45) is -0.548. The lowest BCUT2D eigenvalue weighted by atomic mass is 10.0. The van der Waals surface area contributed by atoms with E-state index in [2.05, 4.69) is 5.32 Å². The van der Waals surface area contributed by atoms with Gasteiger partial charge in [-0.15, -0.1) is 0 Å². The van der Waals surface area contributed by atoms with Gasteiger partial charge in [-0.1, -0.05) is 30.3 Å². The molecule has 0 unspecified atom stereocenters. The molecule has 2 aromatic rings. The summed E-state index contributed by atoms with van der Waals surface area (Å²) in [5.74, 6) is -0.165. The zero-order valence-corrected chi connectivity index (χ0v) is 11.6. The SMILES string of the molecule is CC(=O)Nc1ccc(C(=O)[C@H]2O[C@H]2c2ccccc2)cc1. The number of carbonyl (C=O) groups is 2. The highest BCUT2D eigenvalue weighted by Gasteiger charge is 2.45. The van der Waals surface area contributed by atoms with Crippen molar-refractivity contribution in [1.82, 2.24) is 0 Å². The van der Waals surface area contributed by atoms with E-state index in [1.807, 2.05) is 30.3 Å². The first-order valence-corrected chi connectivity index (χ1v) is 6.77. The van der Waals surface area contributed by atoms with Crippen molar-refractivity contribution >= 4 is 17.4 Å². The lowest BCUT2D eigenvalue weighted by Gasteiger charge is -2.03. The number of benzene rings is 2. The van der Waals surface area contributed by atoms with Gasteiger partial charge in [-0.05, 0) is 29.8 Å². The number of nitrogens with one attached hydrogen (secondary N) is 1. The van der Waals surface area contributed by atoms with Gasteiger partial charge in [0, 0.05) is 18.2 Å². The van der Waals surface area contributed by atoms with Crippen LogP contribution in [0.2, 0.25) is 0 Å². The van der Waals surface area contributed by atoms with E-state index in [1.165, 1.54) is 6.92 Å². The summed E-state index contributed by atoms with van der Waals surface area (Å²) in [6.45, 7) is 1.45. The lowest BCUT2D eigenvalue weighted by Crippen LogP contribution is -2.09. The first-order valence-electron chi connectivity index (χ1n) is 6.77. The highest BCUT2D eigenvalue weighted by Crippen LogP contribution is 2.40. The van der Waals surface area contributed by atoms with E-state index in [4.69, 9.17) is 4.74 Å². The number of hydrogen-bond donors (Lipinski definition) is 1. The van der Waals surface area contributed by atoms with Gasteiger partial charge in [0.2, 0.25) is 5.91 Å². The second-order valence-electron chi connectivity index (χ2n) is 5.01. The number of carbonyl (C=O) groups excluding carboxylic acids is 2. The molecule has 0 radical (unpaired) electrons. The van der Waals surface area contributed by atoms with E-state index in [9.17, 15) is 9.59 Å². The molecule has 4 nitrogen and oxygen atoms in total. The Kier molecular flexibility index (Phi) is 3.54. The third-order valence-electron chi connectivity index (χ3n) is 3.37. The number of rotatable bonds is 4. The monoisotopic (exact) mass is 281 g/mol. The van der Waals surface area contributed by atoms with Crippen LogP contribution in [0.1, 0.15) is 28.9 Å². The Labute approximate surface area is 122 Å². The van der Waals surface area contributed by atoms with Gasteiger partial charge in [0.25, 0.3) is 0 Å². The van der Waals surface area contributed by atoms with Gasteiger partial charge in [0.1, 0.15) is 6.10 Å². The van der Waals surface area contributed by atoms with Crippen molar-refractivity contribution in [2.45, 2.75) is 19.1 Å². The molecule has 1 fully saturated rings. The van der Waals surface area contributed by atoms with E-state index >= 15 is 0 Å². The molecular formula is C17H15NO3. The van der Waals surface area contributed by atoms with Crippen LogP contribution in [0.25, 0.3) is 0 Å². The molecule has 0 aromatic heterocycles. The molecule has 3 rings (SSSR count). The van der Waals surface area contributed by atoms with Gasteiger partial charge < -0.3 is 10.1 Å². The maximum absolute atomic E-state index is 12.3. The van der Waals surface area contributed by atoms with E-state index in [0.717, 1.165) is 5.56 Å². The molecule has 0 bridgehead atoms. The number of hydrogen-bond acceptors (Lipinski definition) is 3. The van der Waals surface area contributed by atoms with Crippen LogP contribution in [-0.2, 0) is 9.53 Å². The third-order valence-corrected chi connectivity index (χ3v) is 3.37. The van der Waals surface area contributed by atoms with Crippen molar-refractivity contribution in [1.29, 1.82) is 0 Å². The van der Waals surface area contributed by atoms with Crippen molar-refractivity contribution in [2.24, 2.45) is 0 Å². The van der Waals surface area contributed by atoms with E-state index in [-0.39, 0.29) is 17.8 Å². The number of epoxide rings is 1. The summed E-state index contributed by atoms with van der Waals surface area (Å²) in [7, 11) is 0. The Balaban J connectivity index is 1.68. The first-order chi connectivity index (χ1) is 10.1. The minimum absolute atomic E-state index is 0.0294. The molecule has 106 valence electrons. The molecule has 0 spiro atoms. The van der Waals surface area contributed by atoms with Crippen molar-refractivity contribution in [2.75, 3.05) is 5.32 Å². The second-order valence-corrected chi connectivity index (χ2v) is 5.01. The molecule has 2 atom stereocenters. The summed E-state index contributed by atoms with van der Waals surface area (Å²) in [6, 6.07) is 16.6. The van der Waals surface area contributed by atoms with Crippen LogP contribution in [0.4, 0.5) is 5.69 Å². The van der Waals surface area contributed by atoms with Crippen molar-refractivity contribution < 1.29 is 14.3 Å². The zero-order valence-electron chi connectivity index (χ0n) is 11.6. The quantitative estimate of drug-likeness (QED) is 0.692. The van der Waals surface area contributed by atoms with Gasteiger partial charge in [0.05, 0.1) is 0 Å². The summed E-state index contributed by atoms with van der Waals surface area (Å²) in [5, 5.41) is 2.67. The summed E-state index contributed by atoms with van der Waals surface area (Å²) < 4.78 is 5.49. The zero-order chi connectivity index (χ0) is 14.8. The maximum Gasteiger partial charge on any atom is 0.221 e. The Morgan fingerprint density at radius 1 is 1.00 bits per heavy atom. The van der Waals surface area contributed by atoms with Crippen molar-refractivity contribution in [3.8, 4) is 0 Å². The fourth-order valence-corrected chi connectivity index (χ4v) is 2.29. The van der Waals surface area contributed by atoms with Crippen LogP contribution in [-0.4, -0.2) is 17.8 Å². The molecule has 21 heavy (non-hydrogen) atoms. The number of ketones is 1. The minimum atomic E-state index is -0.404. The van der Waals surface area contributed by atoms with E-state index in [1.54, 1.807) is 24.3 Å². The summed E-state index contributed by atoms with van der Waals surface area (Å²) in [5.41, 5.74) is 2.29. The van der Waals surface area contributed by atoms with Gasteiger partial charge >= 0.3 is 0 Å². The normalized spacial score (nSPS) is 19.9. The fraction of sp³-hybridized carbons (Fsp3) is 0.176. The Morgan fingerprint density at radius 2 is 1.67 bits per heavy atom. The number of anilines is 1. The molecule has 1 aliphatic heterocycles. The molecule has 4 heteroatoms. The molecule has 0 aliphatic carbocycles. The van der Waals surface area contributed by atoms with Crippen LogP contribution in [0.5, 0.6) is 0 Å². The van der Waals surface area contributed by atoms with Crippen LogP contribution >= 0.6 is 0 Å². The molecule has 1 heterocycles.